The highest BCUT2D eigenvalue weighted by atomic mass is 32.1. The Morgan fingerprint density at radius 3 is 2.44 bits per heavy atom. The van der Waals surface area contributed by atoms with Gasteiger partial charge in [-0.1, -0.05) is 18.2 Å². The van der Waals surface area contributed by atoms with Gasteiger partial charge in [0, 0.05) is 17.0 Å². The molecule has 1 amide bonds. The van der Waals surface area contributed by atoms with E-state index in [1.807, 2.05) is 58.8 Å². The molecular formula is C22H20N2O2S. The molecule has 1 heterocycles. The highest BCUT2D eigenvalue weighted by Crippen LogP contribution is 2.24. The van der Waals surface area contributed by atoms with Gasteiger partial charge in [0.15, 0.2) is 0 Å². The van der Waals surface area contributed by atoms with Gasteiger partial charge in [0.2, 0.25) is 5.91 Å². The fourth-order valence-corrected chi connectivity index (χ4v) is 3.47. The summed E-state index contributed by atoms with van der Waals surface area (Å²) in [5, 5.41) is 10.9. The van der Waals surface area contributed by atoms with E-state index < -0.39 is 0 Å². The first-order valence-electron chi connectivity index (χ1n) is 8.65. The molecule has 0 radical (unpaired) electrons. The van der Waals surface area contributed by atoms with Crippen molar-refractivity contribution in [3.8, 4) is 11.8 Å². The summed E-state index contributed by atoms with van der Waals surface area (Å²) in [5.74, 6) is 0.831. The number of aryl methyl sites for hydroxylation is 1. The number of amides is 1. The van der Waals surface area contributed by atoms with Crippen molar-refractivity contribution in [2.75, 3.05) is 12.0 Å². The van der Waals surface area contributed by atoms with Crippen molar-refractivity contribution in [2.45, 2.75) is 19.4 Å². The Labute approximate surface area is 163 Å². The third-order valence-electron chi connectivity index (χ3n) is 4.29. The number of rotatable bonds is 7. The molecule has 0 fully saturated rings. The Balaban J connectivity index is 1.73. The number of hydrogen-bond donors (Lipinski definition) is 0. The average molecular weight is 376 g/mol. The number of thiophene rings is 1. The summed E-state index contributed by atoms with van der Waals surface area (Å²) in [5.41, 5.74) is 2.53. The second-order valence-electron chi connectivity index (χ2n) is 6.07. The van der Waals surface area contributed by atoms with Gasteiger partial charge in [0.25, 0.3) is 0 Å². The monoisotopic (exact) mass is 376 g/mol. The molecule has 0 atom stereocenters. The van der Waals surface area contributed by atoms with Gasteiger partial charge in [-0.05, 0) is 59.8 Å². The van der Waals surface area contributed by atoms with Crippen LogP contribution in [0.4, 0.5) is 5.69 Å². The molecule has 0 saturated heterocycles. The van der Waals surface area contributed by atoms with E-state index in [9.17, 15) is 4.79 Å². The van der Waals surface area contributed by atoms with Crippen LogP contribution < -0.4 is 9.64 Å². The summed E-state index contributed by atoms with van der Waals surface area (Å²) < 4.78 is 5.22. The third kappa shape index (κ3) is 4.96. The molecule has 27 heavy (non-hydrogen) atoms. The average Bonchev–Trinajstić information content (AvgIpc) is 3.24. The largest absolute Gasteiger partial charge is 0.497 e. The normalized spacial score (nSPS) is 10.2. The van der Waals surface area contributed by atoms with Gasteiger partial charge in [0.1, 0.15) is 5.75 Å². The molecule has 0 saturated carbocycles. The fourth-order valence-electron chi connectivity index (χ4n) is 2.78. The lowest BCUT2D eigenvalue weighted by Crippen LogP contribution is -2.30. The maximum Gasteiger partial charge on any atom is 0.227 e. The SMILES string of the molecule is COc1ccc(N(Cc2cccs2)C(=O)CCc2ccc(C#N)cc2)cc1. The van der Waals surface area contributed by atoms with Crippen LogP contribution in [0.2, 0.25) is 0 Å². The molecule has 3 aromatic rings. The molecule has 0 N–H and O–H groups in total. The molecule has 136 valence electrons. The van der Waals surface area contributed by atoms with Crippen LogP contribution in [0, 0.1) is 11.3 Å². The van der Waals surface area contributed by atoms with Crippen molar-refractivity contribution >= 4 is 22.9 Å². The summed E-state index contributed by atoms with van der Waals surface area (Å²) in [6, 6.07) is 21.1. The molecule has 0 spiro atoms. The van der Waals surface area contributed by atoms with Crippen molar-refractivity contribution in [3.05, 3.63) is 82.0 Å². The highest BCUT2D eigenvalue weighted by Gasteiger charge is 2.17. The maximum absolute atomic E-state index is 13.0. The van der Waals surface area contributed by atoms with Crippen LogP contribution in [0.5, 0.6) is 5.75 Å². The quantitative estimate of drug-likeness (QED) is 0.595. The number of anilines is 1. The number of carbonyl (C=O) groups excluding carboxylic acids is 1. The van der Waals surface area contributed by atoms with Gasteiger partial charge in [0.05, 0.1) is 25.3 Å². The predicted octanol–water partition coefficient (Wildman–Crippen LogP) is 4.79. The first-order chi connectivity index (χ1) is 13.2. The summed E-state index contributed by atoms with van der Waals surface area (Å²) in [4.78, 5) is 15.9. The Bertz CT molecular complexity index is 910. The highest BCUT2D eigenvalue weighted by molar-refractivity contribution is 7.09. The van der Waals surface area contributed by atoms with E-state index in [1.54, 1.807) is 30.6 Å². The van der Waals surface area contributed by atoms with Crippen molar-refractivity contribution < 1.29 is 9.53 Å². The molecule has 4 nitrogen and oxygen atoms in total. The molecule has 3 rings (SSSR count). The Kier molecular flexibility index (Phi) is 6.24. The summed E-state index contributed by atoms with van der Waals surface area (Å²) in [7, 11) is 1.63. The van der Waals surface area contributed by atoms with Crippen LogP contribution in [0.25, 0.3) is 0 Å². The molecule has 0 aliphatic rings. The molecule has 0 aliphatic carbocycles. The lowest BCUT2D eigenvalue weighted by Gasteiger charge is -2.23. The van der Waals surface area contributed by atoms with E-state index in [0.717, 1.165) is 21.9 Å². The van der Waals surface area contributed by atoms with Gasteiger partial charge in [-0.15, -0.1) is 11.3 Å². The lowest BCUT2D eigenvalue weighted by atomic mass is 10.1. The molecule has 0 aliphatic heterocycles. The first kappa shape index (κ1) is 18.7. The number of nitrogens with zero attached hydrogens (tertiary/aromatic N) is 2. The molecule has 2 aromatic carbocycles. The van der Waals surface area contributed by atoms with E-state index in [0.29, 0.717) is 24.9 Å². The second kappa shape index (κ2) is 9.02. The predicted molar refractivity (Wildman–Crippen MR) is 108 cm³/mol. The van der Waals surface area contributed by atoms with E-state index in [4.69, 9.17) is 10.00 Å². The number of carbonyl (C=O) groups is 1. The number of hydrogen-bond acceptors (Lipinski definition) is 4. The molecule has 5 heteroatoms. The summed E-state index contributed by atoms with van der Waals surface area (Å²) in [6.45, 7) is 0.552. The van der Waals surface area contributed by atoms with E-state index >= 15 is 0 Å². The second-order valence-corrected chi connectivity index (χ2v) is 7.10. The summed E-state index contributed by atoms with van der Waals surface area (Å²) in [6.07, 6.45) is 1.05. The zero-order valence-corrected chi connectivity index (χ0v) is 15.9. The van der Waals surface area contributed by atoms with Gasteiger partial charge < -0.3 is 9.64 Å². The first-order valence-corrected chi connectivity index (χ1v) is 9.53. The minimum absolute atomic E-state index is 0.0675. The molecule has 0 unspecified atom stereocenters. The number of nitriles is 1. The fraction of sp³-hybridized carbons (Fsp3) is 0.182. The number of ether oxygens (including phenoxy) is 1. The van der Waals surface area contributed by atoms with E-state index in [2.05, 4.69) is 6.07 Å². The number of methoxy groups -OCH3 is 1. The molecular weight excluding hydrogens is 356 g/mol. The Hall–Kier alpha value is -3.10. The molecule has 0 bridgehead atoms. The Morgan fingerprint density at radius 2 is 1.85 bits per heavy atom. The topological polar surface area (TPSA) is 53.3 Å². The lowest BCUT2D eigenvalue weighted by molar-refractivity contribution is -0.118. The van der Waals surface area contributed by atoms with Crippen LogP contribution >= 0.6 is 11.3 Å². The van der Waals surface area contributed by atoms with Gasteiger partial charge in [-0.25, -0.2) is 0 Å². The van der Waals surface area contributed by atoms with Gasteiger partial charge in [-0.2, -0.15) is 5.26 Å². The van der Waals surface area contributed by atoms with Crippen molar-refractivity contribution in [1.29, 1.82) is 5.26 Å². The maximum atomic E-state index is 13.0. The van der Waals surface area contributed by atoms with Gasteiger partial charge >= 0.3 is 0 Å². The zero-order chi connectivity index (χ0) is 19.1. The van der Waals surface area contributed by atoms with Crippen LogP contribution in [0.15, 0.2) is 66.0 Å². The van der Waals surface area contributed by atoms with E-state index in [1.165, 1.54) is 0 Å². The van der Waals surface area contributed by atoms with Crippen LogP contribution in [-0.2, 0) is 17.8 Å². The standard InChI is InChI=1S/C22H20N2O2S/c1-26-20-11-9-19(10-12-20)24(16-21-3-2-14-27-21)22(25)13-8-17-4-6-18(15-23)7-5-17/h2-7,9-12,14H,8,13,16H2,1H3. The third-order valence-corrected chi connectivity index (χ3v) is 5.15. The van der Waals surface area contributed by atoms with Crippen molar-refractivity contribution in [2.24, 2.45) is 0 Å². The minimum atomic E-state index is 0.0675. The zero-order valence-electron chi connectivity index (χ0n) is 15.1. The minimum Gasteiger partial charge on any atom is -0.497 e. The van der Waals surface area contributed by atoms with Crippen LogP contribution in [0.1, 0.15) is 22.4 Å². The van der Waals surface area contributed by atoms with Crippen molar-refractivity contribution in [1.82, 2.24) is 0 Å². The van der Waals surface area contributed by atoms with Crippen molar-refractivity contribution in [3.63, 3.8) is 0 Å². The molecule has 1 aromatic heterocycles. The van der Waals surface area contributed by atoms with Crippen LogP contribution in [0.3, 0.4) is 0 Å². The van der Waals surface area contributed by atoms with Gasteiger partial charge in [-0.3, -0.25) is 4.79 Å². The van der Waals surface area contributed by atoms with Crippen LogP contribution in [-0.4, -0.2) is 13.0 Å². The smallest absolute Gasteiger partial charge is 0.227 e. The summed E-state index contributed by atoms with van der Waals surface area (Å²) >= 11 is 1.64. The van der Waals surface area contributed by atoms with E-state index in [-0.39, 0.29) is 5.91 Å². The number of benzene rings is 2. The Morgan fingerprint density at radius 1 is 1.11 bits per heavy atom.